The monoisotopic (exact) mass is 440 g/mol. The molecule has 7 heteroatoms. The van der Waals surface area contributed by atoms with Gasteiger partial charge < -0.3 is 16.0 Å². The van der Waals surface area contributed by atoms with Crippen LogP contribution in [0.1, 0.15) is 22.3 Å². The number of rotatable bonds is 6. The van der Waals surface area contributed by atoms with Gasteiger partial charge >= 0.3 is 0 Å². The number of anilines is 1. The SMILES string of the molecule is NC(Cc1ccc(Cl)cc1Cl)C(=O)N1Cc2ccc(NCc3ccncc3)cc2C1. The number of benzene rings is 2. The smallest absolute Gasteiger partial charge is 0.240 e. The van der Waals surface area contributed by atoms with E-state index < -0.39 is 6.04 Å². The minimum absolute atomic E-state index is 0.0801. The number of nitrogens with one attached hydrogen (secondary N) is 1. The molecule has 3 N–H and O–H groups in total. The van der Waals surface area contributed by atoms with Gasteiger partial charge in [0.15, 0.2) is 0 Å². The van der Waals surface area contributed by atoms with Crippen molar-refractivity contribution in [2.45, 2.75) is 32.1 Å². The molecule has 30 heavy (non-hydrogen) atoms. The van der Waals surface area contributed by atoms with Crippen molar-refractivity contribution in [1.29, 1.82) is 0 Å². The Balaban J connectivity index is 1.38. The van der Waals surface area contributed by atoms with E-state index in [4.69, 9.17) is 28.9 Å². The number of hydrogen-bond acceptors (Lipinski definition) is 4. The van der Waals surface area contributed by atoms with Gasteiger partial charge in [0.1, 0.15) is 0 Å². The van der Waals surface area contributed by atoms with Crippen LogP contribution in [0.4, 0.5) is 5.69 Å². The molecule has 0 saturated heterocycles. The van der Waals surface area contributed by atoms with E-state index in [-0.39, 0.29) is 5.91 Å². The van der Waals surface area contributed by atoms with Crippen molar-refractivity contribution in [2.75, 3.05) is 5.32 Å². The lowest BCUT2D eigenvalue weighted by atomic mass is 10.1. The maximum Gasteiger partial charge on any atom is 0.240 e. The van der Waals surface area contributed by atoms with Crippen LogP contribution in [-0.4, -0.2) is 21.8 Å². The molecule has 154 valence electrons. The first-order valence-electron chi connectivity index (χ1n) is 9.72. The van der Waals surface area contributed by atoms with Crippen molar-refractivity contribution in [2.24, 2.45) is 5.73 Å². The van der Waals surface area contributed by atoms with E-state index >= 15 is 0 Å². The molecule has 1 aliphatic heterocycles. The first kappa shape index (κ1) is 20.7. The summed E-state index contributed by atoms with van der Waals surface area (Å²) in [6, 6.07) is 14.8. The molecule has 1 aliphatic rings. The van der Waals surface area contributed by atoms with Crippen LogP contribution in [0.15, 0.2) is 60.9 Å². The zero-order valence-corrected chi connectivity index (χ0v) is 17.8. The van der Waals surface area contributed by atoms with E-state index in [1.54, 1.807) is 29.4 Å². The summed E-state index contributed by atoms with van der Waals surface area (Å²) in [5.41, 5.74) is 11.5. The molecule has 1 aromatic heterocycles. The molecule has 2 heterocycles. The predicted molar refractivity (Wildman–Crippen MR) is 120 cm³/mol. The Morgan fingerprint density at radius 2 is 1.83 bits per heavy atom. The molecule has 3 aromatic rings. The van der Waals surface area contributed by atoms with Crippen LogP contribution in [0.5, 0.6) is 0 Å². The molecule has 5 nitrogen and oxygen atoms in total. The summed E-state index contributed by atoms with van der Waals surface area (Å²) in [4.78, 5) is 18.7. The molecule has 2 aromatic carbocycles. The van der Waals surface area contributed by atoms with E-state index in [1.165, 1.54) is 0 Å². The highest BCUT2D eigenvalue weighted by Gasteiger charge is 2.27. The van der Waals surface area contributed by atoms with Crippen molar-refractivity contribution in [3.05, 3.63) is 93.2 Å². The molecule has 0 aliphatic carbocycles. The van der Waals surface area contributed by atoms with Crippen LogP contribution in [0.25, 0.3) is 0 Å². The lowest BCUT2D eigenvalue weighted by Crippen LogP contribution is -2.42. The Labute approximate surface area is 185 Å². The minimum Gasteiger partial charge on any atom is -0.381 e. The number of carbonyl (C=O) groups is 1. The molecule has 0 spiro atoms. The van der Waals surface area contributed by atoms with Crippen LogP contribution in [0.2, 0.25) is 10.0 Å². The first-order chi connectivity index (χ1) is 14.5. The second-order valence-electron chi connectivity index (χ2n) is 7.43. The van der Waals surface area contributed by atoms with E-state index in [0.717, 1.165) is 34.5 Å². The highest BCUT2D eigenvalue weighted by Crippen LogP contribution is 2.27. The summed E-state index contributed by atoms with van der Waals surface area (Å²) in [6.07, 6.45) is 3.94. The Hall–Kier alpha value is -2.60. The Kier molecular flexibility index (Phi) is 6.23. The number of carbonyl (C=O) groups excluding carboxylic acids is 1. The van der Waals surface area contributed by atoms with Gasteiger partial charge in [0.05, 0.1) is 6.04 Å². The summed E-state index contributed by atoms with van der Waals surface area (Å²) >= 11 is 12.2. The minimum atomic E-state index is -0.651. The lowest BCUT2D eigenvalue weighted by Gasteiger charge is -2.20. The van der Waals surface area contributed by atoms with Crippen LogP contribution in [-0.2, 0) is 30.8 Å². The summed E-state index contributed by atoms with van der Waals surface area (Å²) < 4.78 is 0. The van der Waals surface area contributed by atoms with Crippen LogP contribution in [0, 0.1) is 0 Å². The average molecular weight is 441 g/mol. The summed E-state index contributed by atoms with van der Waals surface area (Å²) in [5.74, 6) is -0.0801. The Bertz CT molecular complexity index is 1060. The molecule has 1 unspecified atom stereocenters. The zero-order chi connectivity index (χ0) is 21.1. The number of fused-ring (bicyclic) bond motifs is 1. The van der Waals surface area contributed by atoms with Crippen molar-refractivity contribution in [3.8, 4) is 0 Å². The van der Waals surface area contributed by atoms with Crippen LogP contribution in [0.3, 0.4) is 0 Å². The maximum absolute atomic E-state index is 12.9. The number of hydrogen-bond donors (Lipinski definition) is 2. The second kappa shape index (κ2) is 9.04. The number of halogens is 2. The van der Waals surface area contributed by atoms with Crippen molar-refractivity contribution in [1.82, 2.24) is 9.88 Å². The van der Waals surface area contributed by atoms with E-state index in [0.29, 0.717) is 29.6 Å². The van der Waals surface area contributed by atoms with E-state index in [9.17, 15) is 4.79 Å². The Morgan fingerprint density at radius 1 is 1.07 bits per heavy atom. The average Bonchev–Trinajstić information content (AvgIpc) is 3.17. The molecule has 1 atom stereocenters. The third-order valence-corrected chi connectivity index (χ3v) is 5.85. The van der Waals surface area contributed by atoms with Gasteiger partial charge in [0, 0.05) is 47.8 Å². The van der Waals surface area contributed by atoms with Crippen LogP contribution < -0.4 is 11.1 Å². The lowest BCUT2D eigenvalue weighted by molar-refractivity contribution is -0.133. The normalized spacial score (nSPS) is 13.8. The molecule has 0 radical (unpaired) electrons. The third-order valence-electron chi connectivity index (χ3n) is 5.26. The number of nitrogens with two attached hydrogens (primary N) is 1. The highest BCUT2D eigenvalue weighted by molar-refractivity contribution is 6.35. The first-order valence-corrected chi connectivity index (χ1v) is 10.5. The number of amides is 1. The van der Waals surface area contributed by atoms with E-state index in [1.807, 2.05) is 24.3 Å². The fourth-order valence-electron chi connectivity index (χ4n) is 3.61. The zero-order valence-electron chi connectivity index (χ0n) is 16.3. The van der Waals surface area contributed by atoms with Gasteiger partial charge in [0.2, 0.25) is 5.91 Å². The van der Waals surface area contributed by atoms with Gasteiger partial charge in [-0.15, -0.1) is 0 Å². The highest BCUT2D eigenvalue weighted by atomic mass is 35.5. The largest absolute Gasteiger partial charge is 0.381 e. The number of nitrogens with zero attached hydrogens (tertiary/aromatic N) is 2. The van der Waals surface area contributed by atoms with Gasteiger partial charge in [-0.05, 0) is 65.1 Å². The Morgan fingerprint density at radius 3 is 2.60 bits per heavy atom. The van der Waals surface area contributed by atoms with Gasteiger partial charge in [-0.25, -0.2) is 0 Å². The number of aromatic nitrogens is 1. The maximum atomic E-state index is 12.9. The van der Waals surface area contributed by atoms with Crippen LogP contribution >= 0.6 is 23.2 Å². The molecular weight excluding hydrogens is 419 g/mol. The number of pyridine rings is 1. The third kappa shape index (κ3) is 4.75. The fraction of sp³-hybridized carbons (Fsp3) is 0.217. The topological polar surface area (TPSA) is 71.2 Å². The van der Waals surface area contributed by atoms with Gasteiger partial charge in [-0.1, -0.05) is 35.3 Å². The van der Waals surface area contributed by atoms with Gasteiger partial charge in [0.25, 0.3) is 0 Å². The van der Waals surface area contributed by atoms with Crippen molar-refractivity contribution < 1.29 is 4.79 Å². The molecule has 1 amide bonds. The summed E-state index contributed by atoms with van der Waals surface area (Å²) in [7, 11) is 0. The molecular formula is C23H22Cl2N4O. The van der Waals surface area contributed by atoms with E-state index in [2.05, 4.69) is 22.4 Å². The molecule has 4 rings (SSSR count). The fourth-order valence-corrected chi connectivity index (χ4v) is 4.10. The van der Waals surface area contributed by atoms with Crippen molar-refractivity contribution in [3.63, 3.8) is 0 Å². The van der Waals surface area contributed by atoms with Gasteiger partial charge in [-0.3, -0.25) is 9.78 Å². The van der Waals surface area contributed by atoms with Crippen molar-refractivity contribution >= 4 is 34.8 Å². The molecule has 0 fully saturated rings. The molecule has 0 saturated carbocycles. The van der Waals surface area contributed by atoms with Gasteiger partial charge in [-0.2, -0.15) is 0 Å². The summed E-state index contributed by atoms with van der Waals surface area (Å²) in [5, 5.41) is 4.51. The standard InChI is InChI=1S/C23H22Cl2N4O/c24-19-3-1-16(21(25)11-19)10-22(26)23(30)29-13-17-2-4-20(9-18(17)14-29)28-12-15-5-7-27-8-6-15/h1-9,11,22,28H,10,12-14,26H2. The predicted octanol–water partition coefficient (Wildman–Crippen LogP) is 4.41. The summed E-state index contributed by atoms with van der Waals surface area (Å²) in [6.45, 7) is 1.85. The second-order valence-corrected chi connectivity index (χ2v) is 8.28. The molecule has 0 bridgehead atoms. The quantitative estimate of drug-likeness (QED) is 0.595.